The molecule has 0 spiro atoms. The van der Waals surface area contributed by atoms with Crippen LogP contribution in [0.5, 0.6) is 11.5 Å². The van der Waals surface area contributed by atoms with Gasteiger partial charge in [0.25, 0.3) is 5.91 Å². The van der Waals surface area contributed by atoms with Gasteiger partial charge in [0.15, 0.2) is 0 Å². The van der Waals surface area contributed by atoms with Gasteiger partial charge in [0, 0.05) is 11.9 Å². The highest BCUT2D eigenvalue weighted by molar-refractivity contribution is 6.34. The number of carbonyl (C=O) groups is 1. The zero-order valence-electron chi connectivity index (χ0n) is 19.2. The van der Waals surface area contributed by atoms with Crippen molar-refractivity contribution in [3.8, 4) is 17.6 Å². The number of ether oxygens (including phenoxy) is 1. The van der Waals surface area contributed by atoms with E-state index in [1.807, 2.05) is 61.5 Å². The van der Waals surface area contributed by atoms with Crippen LogP contribution in [0.4, 0.5) is 17.1 Å². The van der Waals surface area contributed by atoms with Crippen molar-refractivity contribution in [1.82, 2.24) is 9.61 Å². The van der Waals surface area contributed by atoms with Crippen molar-refractivity contribution in [3.63, 3.8) is 0 Å². The number of para-hydroxylation sites is 2. The number of nitriles is 1. The van der Waals surface area contributed by atoms with Crippen LogP contribution in [0.3, 0.4) is 0 Å². The minimum atomic E-state index is -0.321. The predicted molar refractivity (Wildman–Crippen MR) is 140 cm³/mol. The van der Waals surface area contributed by atoms with Crippen LogP contribution in [-0.4, -0.2) is 15.5 Å². The summed E-state index contributed by atoms with van der Waals surface area (Å²) in [6.45, 7) is 1.82. The highest BCUT2D eigenvalue weighted by Crippen LogP contribution is 2.32. The van der Waals surface area contributed by atoms with Gasteiger partial charge in [-0.05, 0) is 61.0 Å². The number of nitrogens with zero attached hydrogens (tertiary/aromatic N) is 3. The second-order valence-electron chi connectivity index (χ2n) is 8.00. The molecule has 0 atom stereocenters. The van der Waals surface area contributed by atoms with Gasteiger partial charge in [-0.25, -0.2) is 4.52 Å². The van der Waals surface area contributed by atoms with Gasteiger partial charge in [0.1, 0.15) is 17.6 Å². The van der Waals surface area contributed by atoms with E-state index in [1.165, 1.54) is 6.20 Å². The summed E-state index contributed by atoms with van der Waals surface area (Å²) in [5.41, 5.74) is 3.90. The Kier molecular flexibility index (Phi) is 6.27. The molecule has 0 bridgehead atoms. The Balaban J connectivity index is 1.46. The second-order valence-corrected chi connectivity index (χ2v) is 8.41. The highest BCUT2D eigenvalue weighted by Gasteiger charge is 2.20. The molecule has 176 valence electrons. The van der Waals surface area contributed by atoms with Gasteiger partial charge in [0.05, 0.1) is 39.2 Å². The van der Waals surface area contributed by atoms with Crippen LogP contribution >= 0.6 is 11.6 Å². The Morgan fingerprint density at radius 2 is 1.69 bits per heavy atom. The third kappa shape index (κ3) is 4.58. The van der Waals surface area contributed by atoms with E-state index in [1.54, 1.807) is 35.0 Å². The Labute approximate surface area is 212 Å². The largest absolute Gasteiger partial charge is 0.457 e. The molecule has 0 radical (unpaired) electrons. The summed E-state index contributed by atoms with van der Waals surface area (Å²) in [6, 6.07) is 26.1. The molecular weight excluding hydrogens is 474 g/mol. The number of amides is 1. The lowest BCUT2D eigenvalue weighted by molar-refractivity contribution is 0.102. The number of anilines is 3. The topological polar surface area (TPSA) is 91.5 Å². The number of aromatic nitrogens is 2. The van der Waals surface area contributed by atoms with Gasteiger partial charge in [-0.1, -0.05) is 41.9 Å². The lowest BCUT2D eigenvalue weighted by Crippen LogP contribution is -2.12. The van der Waals surface area contributed by atoms with Crippen LogP contribution in [-0.2, 0) is 0 Å². The minimum Gasteiger partial charge on any atom is -0.457 e. The highest BCUT2D eigenvalue weighted by atomic mass is 35.5. The molecule has 0 fully saturated rings. The van der Waals surface area contributed by atoms with Gasteiger partial charge in [-0.3, -0.25) is 4.79 Å². The van der Waals surface area contributed by atoms with Crippen LogP contribution in [0.25, 0.3) is 5.52 Å². The van der Waals surface area contributed by atoms with E-state index >= 15 is 0 Å². The Bertz CT molecular complexity index is 1610. The standard InChI is InChI=1S/C28H20ClN5O2/c1-18-23(28(35)33-25-10-6-5-9-24(25)29)17-34-27(18)26(19(15-30)16-31-34)32-20-11-13-22(14-12-20)36-21-7-3-2-4-8-21/h2-14,16-17,32H,1H3,(H,33,35). The van der Waals surface area contributed by atoms with E-state index in [0.29, 0.717) is 44.4 Å². The molecule has 3 aromatic carbocycles. The normalized spacial score (nSPS) is 10.6. The first-order chi connectivity index (χ1) is 17.5. The van der Waals surface area contributed by atoms with E-state index in [9.17, 15) is 10.1 Å². The van der Waals surface area contributed by atoms with Crippen molar-refractivity contribution < 1.29 is 9.53 Å². The van der Waals surface area contributed by atoms with Gasteiger partial charge in [-0.2, -0.15) is 10.4 Å². The zero-order chi connectivity index (χ0) is 25.1. The van der Waals surface area contributed by atoms with Crippen LogP contribution in [0.1, 0.15) is 21.5 Å². The summed E-state index contributed by atoms with van der Waals surface area (Å²) < 4.78 is 7.45. The van der Waals surface area contributed by atoms with E-state index < -0.39 is 0 Å². The van der Waals surface area contributed by atoms with Crippen molar-refractivity contribution in [1.29, 1.82) is 5.26 Å². The van der Waals surface area contributed by atoms with E-state index in [4.69, 9.17) is 16.3 Å². The molecular formula is C28H20ClN5O2. The van der Waals surface area contributed by atoms with Crippen LogP contribution in [0, 0.1) is 18.3 Å². The fourth-order valence-corrected chi connectivity index (χ4v) is 4.04. The molecule has 0 aliphatic carbocycles. The number of rotatable bonds is 6. The van der Waals surface area contributed by atoms with Crippen LogP contribution in [0.2, 0.25) is 5.02 Å². The summed E-state index contributed by atoms with van der Waals surface area (Å²) in [5, 5.41) is 20.7. The van der Waals surface area contributed by atoms with Gasteiger partial charge < -0.3 is 15.4 Å². The molecule has 2 N–H and O–H groups in total. The van der Waals surface area contributed by atoms with Gasteiger partial charge >= 0.3 is 0 Å². The smallest absolute Gasteiger partial charge is 0.257 e. The molecule has 0 unspecified atom stereocenters. The number of nitrogens with one attached hydrogen (secondary N) is 2. The molecule has 8 heteroatoms. The van der Waals surface area contributed by atoms with Crippen molar-refractivity contribution in [2.45, 2.75) is 6.92 Å². The maximum Gasteiger partial charge on any atom is 0.257 e. The first-order valence-electron chi connectivity index (χ1n) is 11.1. The Morgan fingerprint density at radius 1 is 1.00 bits per heavy atom. The average Bonchev–Trinajstić information content (AvgIpc) is 3.24. The third-order valence-electron chi connectivity index (χ3n) is 5.65. The number of aryl methyl sites for hydroxylation is 1. The SMILES string of the molecule is Cc1c(C(=O)Nc2ccccc2Cl)cn2ncc(C#N)c(Nc3ccc(Oc4ccccc4)cc3)c12. The van der Waals surface area contributed by atoms with Crippen molar-refractivity contribution in [3.05, 3.63) is 113 Å². The predicted octanol–water partition coefficient (Wildman–Crippen LogP) is 6.96. The number of benzene rings is 3. The first kappa shape index (κ1) is 23.0. The fraction of sp³-hybridized carbons (Fsp3) is 0.0357. The maximum absolute atomic E-state index is 13.1. The first-order valence-corrected chi connectivity index (χ1v) is 11.5. The number of hydrogen-bond acceptors (Lipinski definition) is 5. The summed E-state index contributed by atoms with van der Waals surface area (Å²) in [6.07, 6.45) is 3.11. The van der Waals surface area contributed by atoms with E-state index in [0.717, 1.165) is 11.4 Å². The lowest BCUT2D eigenvalue weighted by atomic mass is 10.1. The number of hydrogen-bond donors (Lipinski definition) is 2. The number of fused-ring (bicyclic) bond motifs is 1. The molecule has 1 amide bonds. The van der Waals surface area contributed by atoms with Gasteiger partial charge in [-0.15, -0.1) is 0 Å². The summed E-state index contributed by atoms with van der Waals surface area (Å²) in [7, 11) is 0. The molecule has 2 heterocycles. The quantitative estimate of drug-likeness (QED) is 0.267. The monoisotopic (exact) mass is 493 g/mol. The molecule has 0 aliphatic heterocycles. The molecule has 7 nitrogen and oxygen atoms in total. The molecule has 0 aliphatic rings. The van der Waals surface area contributed by atoms with E-state index in [2.05, 4.69) is 21.8 Å². The number of carbonyl (C=O) groups excluding carboxylic acids is 1. The Morgan fingerprint density at radius 3 is 2.42 bits per heavy atom. The van der Waals surface area contributed by atoms with E-state index in [-0.39, 0.29) is 5.91 Å². The minimum absolute atomic E-state index is 0.321. The van der Waals surface area contributed by atoms with Crippen molar-refractivity contribution in [2.75, 3.05) is 10.6 Å². The fourth-order valence-electron chi connectivity index (χ4n) is 3.86. The molecule has 36 heavy (non-hydrogen) atoms. The molecule has 2 aromatic heterocycles. The molecule has 5 aromatic rings. The summed E-state index contributed by atoms with van der Waals surface area (Å²) in [4.78, 5) is 13.1. The van der Waals surface area contributed by atoms with Crippen LogP contribution < -0.4 is 15.4 Å². The lowest BCUT2D eigenvalue weighted by Gasteiger charge is -2.12. The maximum atomic E-state index is 13.1. The second kappa shape index (κ2) is 9.82. The molecule has 0 saturated carbocycles. The molecule has 5 rings (SSSR count). The zero-order valence-corrected chi connectivity index (χ0v) is 20.0. The van der Waals surface area contributed by atoms with Crippen LogP contribution in [0.15, 0.2) is 91.3 Å². The third-order valence-corrected chi connectivity index (χ3v) is 5.98. The Hall–Kier alpha value is -4.80. The summed E-state index contributed by atoms with van der Waals surface area (Å²) >= 11 is 6.20. The summed E-state index contributed by atoms with van der Waals surface area (Å²) in [5.74, 6) is 1.11. The number of halogens is 1. The van der Waals surface area contributed by atoms with Crippen molar-refractivity contribution in [2.24, 2.45) is 0 Å². The molecule has 0 saturated heterocycles. The van der Waals surface area contributed by atoms with Gasteiger partial charge in [0.2, 0.25) is 0 Å². The average molecular weight is 494 g/mol. The van der Waals surface area contributed by atoms with Crippen molar-refractivity contribution >= 4 is 40.1 Å².